The molecular weight excluding hydrogens is 248 g/mol. The Balaban J connectivity index is 2.64. The van der Waals surface area contributed by atoms with Crippen LogP contribution in [0.15, 0.2) is 30.3 Å². The zero-order chi connectivity index (χ0) is 13.4. The summed E-state index contributed by atoms with van der Waals surface area (Å²) in [6, 6.07) is 10.1. The lowest BCUT2D eigenvalue weighted by atomic mass is 10.2. The standard InChI is InChI=1S/C13H18O4Si/c1-3-12(14)16-18(17-13(15)4-2)10-11-8-6-5-7-9-11/h5-9,18H,3-4,10H2,1-2H3. The van der Waals surface area contributed by atoms with E-state index in [0.29, 0.717) is 18.9 Å². The Morgan fingerprint density at radius 1 is 1.00 bits per heavy atom. The smallest absolute Gasteiger partial charge is 0.452 e. The summed E-state index contributed by atoms with van der Waals surface area (Å²) < 4.78 is 10.5. The van der Waals surface area contributed by atoms with Crippen molar-refractivity contribution in [1.82, 2.24) is 0 Å². The van der Waals surface area contributed by atoms with E-state index >= 15 is 0 Å². The van der Waals surface area contributed by atoms with Crippen LogP contribution in [-0.2, 0) is 24.5 Å². The molecule has 5 heteroatoms. The molecule has 0 aliphatic carbocycles. The lowest BCUT2D eigenvalue weighted by Gasteiger charge is -2.16. The fourth-order valence-corrected chi connectivity index (χ4v) is 3.17. The maximum absolute atomic E-state index is 11.3. The van der Waals surface area contributed by atoms with Crippen molar-refractivity contribution >= 4 is 21.2 Å². The highest BCUT2D eigenvalue weighted by Gasteiger charge is 2.22. The molecule has 0 aliphatic rings. The molecule has 0 unspecified atom stereocenters. The Morgan fingerprint density at radius 3 is 1.94 bits per heavy atom. The topological polar surface area (TPSA) is 52.6 Å². The van der Waals surface area contributed by atoms with Gasteiger partial charge >= 0.3 is 9.28 Å². The van der Waals surface area contributed by atoms with Crippen LogP contribution in [0.3, 0.4) is 0 Å². The number of benzene rings is 1. The fraction of sp³-hybridized carbons (Fsp3) is 0.385. The van der Waals surface area contributed by atoms with E-state index < -0.39 is 9.28 Å². The van der Waals surface area contributed by atoms with E-state index in [1.165, 1.54) is 0 Å². The summed E-state index contributed by atoms with van der Waals surface area (Å²) in [7, 11) is -2.31. The molecule has 4 nitrogen and oxygen atoms in total. The number of carbonyl (C=O) groups is 2. The molecule has 1 aromatic carbocycles. The minimum Gasteiger partial charge on any atom is -0.487 e. The Kier molecular flexibility index (Phi) is 6.14. The molecule has 98 valence electrons. The molecule has 18 heavy (non-hydrogen) atoms. The van der Waals surface area contributed by atoms with E-state index in [2.05, 4.69) is 0 Å². The second-order valence-corrected chi connectivity index (χ2v) is 5.54. The number of carbonyl (C=O) groups excluding carboxylic acids is 2. The van der Waals surface area contributed by atoms with Crippen molar-refractivity contribution in [1.29, 1.82) is 0 Å². The van der Waals surface area contributed by atoms with Gasteiger partial charge in [-0.2, -0.15) is 0 Å². The molecule has 0 aromatic heterocycles. The fourth-order valence-electron chi connectivity index (χ4n) is 1.37. The van der Waals surface area contributed by atoms with Gasteiger partial charge in [0.2, 0.25) is 0 Å². The molecular formula is C13H18O4Si. The molecule has 1 rings (SSSR count). The molecule has 0 fully saturated rings. The Morgan fingerprint density at radius 2 is 1.50 bits per heavy atom. The normalized spacial score (nSPS) is 10.2. The van der Waals surface area contributed by atoms with Crippen molar-refractivity contribution < 1.29 is 18.4 Å². The molecule has 0 saturated heterocycles. The van der Waals surface area contributed by atoms with Gasteiger partial charge in [-0.1, -0.05) is 44.2 Å². The second kappa shape index (κ2) is 7.65. The quantitative estimate of drug-likeness (QED) is 0.738. The molecule has 0 spiro atoms. The van der Waals surface area contributed by atoms with Gasteiger partial charge in [-0.15, -0.1) is 0 Å². The highest BCUT2D eigenvalue weighted by Crippen LogP contribution is 2.06. The van der Waals surface area contributed by atoms with E-state index in [1.807, 2.05) is 30.3 Å². The van der Waals surface area contributed by atoms with Gasteiger partial charge in [0.1, 0.15) is 0 Å². The van der Waals surface area contributed by atoms with Gasteiger partial charge in [0.25, 0.3) is 11.9 Å². The zero-order valence-electron chi connectivity index (χ0n) is 10.7. The third kappa shape index (κ3) is 5.14. The Bertz CT molecular complexity index is 373. The van der Waals surface area contributed by atoms with Crippen LogP contribution in [0.25, 0.3) is 0 Å². The monoisotopic (exact) mass is 266 g/mol. The Hall–Kier alpha value is -1.62. The van der Waals surface area contributed by atoms with Gasteiger partial charge in [0.05, 0.1) is 0 Å². The molecule has 0 amide bonds. The summed E-state index contributed by atoms with van der Waals surface area (Å²) in [6.07, 6.45) is 0.587. The molecule has 0 N–H and O–H groups in total. The van der Waals surface area contributed by atoms with E-state index in [0.717, 1.165) is 5.56 Å². The van der Waals surface area contributed by atoms with E-state index in [-0.39, 0.29) is 11.9 Å². The van der Waals surface area contributed by atoms with Crippen LogP contribution in [0.4, 0.5) is 0 Å². The van der Waals surface area contributed by atoms with Crippen molar-refractivity contribution in [3.05, 3.63) is 35.9 Å². The minimum atomic E-state index is -2.31. The first-order chi connectivity index (χ1) is 8.65. The van der Waals surface area contributed by atoms with Crippen LogP contribution in [0.2, 0.25) is 0 Å². The zero-order valence-corrected chi connectivity index (χ0v) is 11.9. The predicted molar refractivity (Wildman–Crippen MR) is 70.1 cm³/mol. The van der Waals surface area contributed by atoms with Gasteiger partial charge in [-0.25, -0.2) is 0 Å². The van der Waals surface area contributed by atoms with E-state index in [4.69, 9.17) is 8.85 Å². The maximum atomic E-state index is 11.3. The maximum Gasteiger partial charge on any atom is 0.452 e. The van der Waals surface area contributed by atoms with Gasteiger partial charge in [-0.3, -0.25) is 9.59 Å². The van der Waals surface area contributed by atoms with Crippen molar-refractivity contribution in [3.63, 3.8) is 0 Å². The average molecular weight is 266 g/mol. The van der Waals surface area contributed by atoms with Crippen molar-refractivity contribution in [2.45, 2.75) is 32.7 Å². The molecule has 0 bridgehead atoms. The molecule has 0 atom stereocenters. The number of hydrogen-bond donors (Lipinski definition) is 0. The highest BCUT2D eigenvalue weighted by atomic mass is 28.3. The summed E-state index contributed by atoms with van der Waals surface area (Å²) in [5, 5.41) is 0. The summed E-state index contributed by atoms with van der Waals surface area (Å²) >= 11 is 0. The Labute approximate surface area is 109 Å². The van der Waals surface area contributed by atoms with Crippen LogP contribution < -0.4 is 0 Å². The third-order valence-corrected chi connectivity index (χ3v) is 4.20. The first kappa shape index (κ1) is 14.4. The molecule has 0 aliphatic heterocycles. The lowest BCUT2D eigenvalue weighted by Crippen LogP contribution is -2.31. The van der Waals surface area contributed by atoms with Gasteiger partial charge < -0.3 is 8.85 Å². The van der Waals surface area contributed by atoms with E-state index in [1.54, 1.807) is 13.8 Å². The molecule has 0 radical (unpaired) electrons. The van der Waals surface area contributed by atoms with Crippen LogP contribution in [0.1, 0.15) is 32.3 Å². The van der Waals surface area contributed by atoms with Gasteiger partial charge in [-0.05, 0) is 5.56 Å². The van der Waals surface area contributed by atoms with Gasteiger partial charge in [0.15, 0.2) is 0 Å². The third-order valence-electron chi connectivity index (χ3n) is 2.35. The highest BCUT2D eigenvalue weighted by molar-refractivity contribution is 6.48. The summed E-state index contributed by atoms with van der Waals surface area (Å²) in [5.74, 6) is -0.627. The first-order valence-electron chi connectivity index (χ1n) is 6.08. The molecule has 0 saturated carbocycles. The minimum absolute atomic E-state index is 0.294. The van der Waals surface area contributed by atoms with Gasteiger partial charge in [0, 0.05) is 18.9 Å². The summed E-state index contributed by atoms with van der Waals surface area (Å²) in [5.41, 5.74) is 1.02. The first-order valence-corrected chi connectivity index (χ1v) is 7.84. The van der Waals surface area contributed by atoms with E-state index in [9.17, 15) is 9.59 Å². The van der Waals surface area contributed by atoms with Crippen LogP contribution >= 0.6 is 0 Å². The summed E-state index contributed by atoms with van der Waals surface area (Å²) in [6.45, 7) is 3.44. The number of hydrogen-bond acceptors (Lipinski definition) is 4. The largest absolute Gasteiger partial charge is 0.487 e. The molecule has 1 aromatic rings. The van der Waals surface area contributed by atoms with Crippen molar-refractivity contribution in [2.75, 3.05) is 0 Å². The van der Waals surface area contributed by atoms with Crippen LogP contribution in [0.5, 0.6) is 0 Å². The summed E-state index contributed by atoms with van der Waals surface area (Å²) in [4.78, 5) is 22.6. The molecule has 0 heterocycles. The SMILES string of the molecule is CCC(=O)O[SiH](Cc1ccccc1)OC(=O)CC. The van der Waals surface area contributed by atoms with Crippen molar-refractivity contribution in [2.24, 2.45) is 0 Å². The van der Waals surface area contributed by atoms with Crippen LogP contribution in [0, 0.1) is 0 Å². The lowest BCUT2D eigenvalue weighted by molar-refractivity contribution is -0.140. The second-order valence-electron chi connectivity index (χ2n) is 3.81. The number of rotatable bonds is 6. The van der Waals surface area contributed by atoms with Crippen molar-refractivity contribution in [3.8, 4) is 0 Å². The predicted octanol–water partition coefficient (Wildman–Crippen LogP) is 1.90. The van der Waals surface area contributed by atoms with Crippen LogP contribution in [-0.4, -0.2) is 21.2 Å². The average Bonchev–Trinajstić information content (AvgIpc) is 2.39.